The zero-order valence-electron chi connectivity index (χ0n) is 72.4. The Hall–Kier alpha value is -10.9. The summed E-state index contributed by atoms with van der Waals surface area (Å²) in [5.74, 6) is 0. The van der Waals surface area contributed by atoms with Crippen LogP contribution < -0.4 is 0 Å². The summed E-state index contributed by atoms with van der Waals surface area (Å²) in [6.07, 6.45) is 2.06. The van der Waals surface area contributed by atoms with E-state index in [0.29, 0.717) is 0 Å². The van der Waals surface area contributed by atoms with Crippen LogP contribution >= 0.6 is 0 Å². The molecule has 0 unspecified atom stereocenters. The summed E-state index contributed by atoms with van der Waals surface area (Å²) in [6.45, 7) is 54.3. The van der Waals surface area contributed by atoms with E-state index in [1.54, 1.807) is 0 Å². The molecule has 0 saturated carbocycles. The maximum atomic E-state index is 2.30. The minimum atomic E-state index is -0.269. The van der Waals surface area contributed by atoms with Crippen molar-refractivity contribution in [1.29, 1.82) is 0 Å². The van der Waals surface area contributed by atoms with Crippen LogP contribution in [0.1, 0.15) is 184 Å². The second kappa shape index (κ2) is 38.8. The van der Waals surface area contributed by atoms with Gasteiger partial charge in [-0.25, -0.2) is 0 Å². The topological polar surface area (TPSA) is 0 Å². The molecule has 0 bridgehead atoms. The summed E-state index contributed by atoms with van der Waals surface area (Å²) >= 11 is 0. The zero-order valence-corrected chi connectivity index (χ0v) is 72.4. The van der Waals surface area contributed by atoms with Crippen LogP contribution in [0.4, 0.5) is 0 Å². The number of hydrogen-bond donors (Lipinski definition) is 0. The number of aryl methyl sites for hydroxylation is 17. The molecule has 14 aromatic rings. The molecule has 0 heterocycles. The lowest BCUT2D eigenvalue weighted by atomic mass is 9.67. The lowest BCUT2D eigenvalue weighted by Crippen LogP contribution is -2.28. The molecule has 0 aliphatic heterocycles. The van der Waals surface area contributed by atoms with Gasteiger partial charge in [-0.2, -0.15) is 0 Å². The molecule has 0 amide bonds. The normalized spacial score (nSPS) is 11.2. The fraction of sp³-hybridized carbons (Fsp3) is 0.250. The Balaban J connectivity index is 0.000000154. The quantitative estimate of drug-likeness (QED) is 0.142. The van der Waals surface area contributed by atoms with Crippen LogP contribution in [0, 0.1) is 173 Å². The second-order valence-electron chi connectivity index (χ2n) is 32.3. The van der Waals surface area contributed by atoms with Gasteiger partial charge in [0, 0.05) is 0 Å². The third-order valence-corrected chi connectivity index (χ3v) is 23.8. The third-order valence-electron chi connectivity index (χ3n) is 23.8. The molecule has 0 nitrogen and oxygen atoms in total. The first-order valence-electron chi connectivity index (χ1n) is 40.3. The molecule has 572 valence electrons. The molecule has 0 radical (unpaired) electrons. The Kier molecular flexibility index (Phi) is 29.5. The van der Waals surface area contributed by atoms with Gasteiger partial charge in [-0.15, -0.1) is 0 Å². The smallest absolute Gasteiger partial charge is 0.0619 e. The van der Waals surface area contributed by atoms with Crippen LogP contribution in [0.5, 0.6) is 0 Å². The molecule has 0 saturated heterocycles. The molecule has 15 rings (SSSR count). The SMILES string of the molecule is Cc1c(C)c(C)c(C)c(C)c1C.Cc1cc(-c2cc(C)c(C)c(C)c2)cc(C)c1C.Cc1ccc(-c2ccc(C)cc2)cc1.Cc1ccc(C)c(C)c1.Cc1ccc(C2(c3ccc(C)cc3)c3ccccc3-c3ccccc32)cc1.Cc1ccc(Cc2ccc(C)c(C)c2)cc1C.Cc1ccc(Cc2ccc(C)cc2)cc1. The molecular formula is C112H124. The average molecular weight is 1470 g/mol. The lowest BCUT2D eigenvalue weighted by molar-refractivity contribution is 0.767. The van der Waals surface area contributed by atoms with Crippen LogP contribution in [-0.4, -0.2) is 0 Å². The van der Waals surface area contributed by atoms with Crippen molar-refractivity contribution < 1.29 is 0 Å². The van der Waals surface area contributed by atoms with Gasteiger partial charge in [-0.1, -0.05) is 312 Å². The van der Waals surface area contributed by atoms with Gasteiger partial charge in [0.1, 0.15) is 0 Å². The molecule has 0 aromatic heterocycles. The maximum absolute atomic E-state index is 2.30. The van der Waals surface area contributed by atoms with E-state index in [2.05, 4.69) is 446 Å². The van der Waals surface area contributed by atoms with Crippen molar-refractivity contribution in [2.45, 2.75) is 191 Å². The van der Waals surface area contributed by atoms with Crippen LogP contribution in [-0.2, 0) is 18.3 Å². The predicted molar refractivity (Wildman–Crippen MR) is 490 cm³/mol. The standard InChI is InChI=1S/C27H22.C18H22.C17H20.C15H16.C14H14.C12H18.C9H12/c1-19-11-15-21(16-12-19)27(22-17-13-20(2)14-18-22)25-9-5-3-7-23(25)24-8-4-6-10-26(24)27;1-11-7-17(8-12(2)15(11)5)18-9-13(3)16(6)14(4)10-18;1-12-5-7-16(9-14(12)3)11-17-8-6-13(2)15(4)10-17;1-12-3-7-14(8-4-12)11-15-9-5-13(2)6-10-15;1-11-3-7-13(8-4-11)14-9-5-12(2)6-10-14;1-7-8(2)10(4)12(6)11(5)9(7)3;1-7-4-5-8(2)9(3)6-7/h3-18H,1-2H3;7-10H,1-6H3;5-10H,11H2,1-4H3;3-10H,11H2,1-2H3;3-10H,1-2H3;1-6H3;4-6H,1-3H3. The van der Waals surface area contributed by atoms with Gasteiger partial charge in [0.25, 0.3) is 0 Å². The van der Waals surface area contributed by atoms with E-state index in [1.165, 1.54) is 217 Å². The first-order valence-corrected chi connectivity index (χ1v) is 40.3. The number of fused-ring (bicyclic) bond motifs is 3. The first kappa shape index (κ1) is 85.1. The van der Waals surface area contributed by atoms with Crippen molar-refractivity contribution in [3.8, 4) is 33.4 Å². The van der Waals surface area contributed by atoms with Crippen molar-refractivity contribution in [2.75, 3.05) is 0 Å². The largest absolute Gasteiger partial charge is 0.0713 e. The van der Waals surface area contributed by atoms with Crippen molar-refractivity contribution in [3.05, 3.63) is 457 Å². The van der Waals surface area contributed by atoms with Gasteiger partial charge in [-0.3, -0.25) is 0 Å². The summed E-state index contributed by atoms with van der Waals surface area (Å²) in [5, 5.41) is 0. The molecular weight excluding hydrogens is 1350 g/mol. The van der Waals surface area contributed by atoms with E-state index in [1.807, 2.05) is 0 Å². The first-order chi connectivity index (χ1) is 53.3. The third kappa shape index (κ3) is 21.6. The predicted octanol–water partition coefficient (Wildman–Crippen LogP) is 30.4. The number of hydrogen-bond acceptors (Lipinski definition) is 0. The Morgan fingerprint density at radius 3 is 0.696 bits per heavy atom. The lowest BCUT2D eigenvalue weighted by Gasteiger charge is -2.34. The highest BCUT2D eigenvalue weighted by Gasteiger charge is 2.45. The van der Waals surface area contributed by atoms with E-state index < -0.39 is 0 Å². The summed E-state index contributed by atoms with van der Waals surface area (Å²) < 4.78 is 0. The van der Waals surface area contributed by atoms with Crippen LogP contribution in [0.3, 0.4) is 0 Å². The van der Waals surface area contributed by atoms with Gasteiger partial charge in [0.15, 0.2) is 0 Å². The van der Waals surface area contributed by atoms with Crippen LogP contribution in [0.2, 0.25) is 0 Å². The molecule has 0 spiro atoms. The van der Waals surface area contributed by atoms with Crippen molar-refractivity contribution in [3.63, 3.8) is 0 Å². The Morgan fingerprint density at radius 1 is 0.170 bits per heavy atom. The molecule has 112 heavy (non-hydrogen) atoms. The molecule has 14 aromatic carbocycles. The zero-order chi connectivity index (χ0) is 81.3. The molecule has 0 atom stereocenters. The summed E-state index contributed by atoms with van der Waals surface area (Å²) in [4.78, 5) is 0. The summed E-state index contributed by atoms with van der Waals surface area (Å²) in [6, 6.07) is 99.8. The van der Waals surface area contributed by atoms with Gasteiger partial charge >= 0.3 is 0 Å². The average Bonchev–Trinajstić information content (AvgIpc) is 1.53. The van der Waals surface area contributed by atoms with Crippen LogP contribution in [0.15, 0.2) is 273 Å². The highest BCUT2D eigenvalue weighted by Crippen LogP contribution is 2.56. The van der Waals surface area contributed by atoms with E-state index in [9.17, 15) is 0 Å². The van der Waals surface area contributed by atoms with E-state index in [-0.39, 0.29) is 5.41 Å². The minimum Gasteiger partial charge on any atom is -0.0619 e. The fourth-order valence-corrected chi connectivity index (χ4v) is 14.8. The summed E-state index contributed by atoms with van der Waals surface area (Å²) in [5.41, 5.74) is 53.1. The molecule has 0 fully saturated rings. The van der Waals surface area contributed by atoms with E-state index >= 15 is 0 Å². The van der Waals surface area contributed by atoms with Gasteiger partial charge in [0.2, 0.25) is 0 Å². The molecule has 0 N–H and O–H groups in total. The second-order valence-corrected chi connectivity index (χ2v) is 32.3. The monoisotopic (exact) mass is 1470 g/mol. The molecule has 0 heteroatoms. The number of benzene rings is 14. The highest BCUT2D eigenvalue weighted by molar-refractivity contribution is 5.86. The maximum Gasteiger partial charge on any atom is 0.0713 e. The van der Waals surface area contributed by atoms with Crippen molar-refractivity contribution in [2.24, 2.45) is 0 Å². The van der Waals surface area contributed by atoms with Crippen molar-refractivity contribution >= 4 is 0 Å². The molecule has 1 aliphatic rings. The van der Waals surface area contributed by atoms with Gasteiger partial charge in [-0.05, 0) is 364 Å². The van der Waals surface area contributed by atoms with E-state index in [0.717, 1.165) is 12.8 Å². The Morgan fingerprint density at radius 2 is 0.411 bits per heavy atom. The Labute approximate surface area is 676 Å². The fourth-order valence-electron chi connectivity index (χ4n) is 14.8. The highest BCUT2D eigenvalue weighted by atomic mass is 14.5. The number of rotatable bonds is 8. The minimum absolute atomic E-state index is 0.269. The van der Waals surface area contributed by atoms with Crippen molar-refractivity contribution in [1.82, 2.24) is 0 Å². The Bertz CT molecular complexity index is 5040. The van der Waals surface area contributed by atoms with E-state index in [4.69, 9.17) is 0 Å². The van der Waals surface area contributed by atoms with Gasteiger partial charge < -0.3 is 0 Å². The molecule has 1 aliphatic carbocycles. The van der Waals surface area contributed by atoms with Gasteiger partial charge in [0.05, 0.1) is 5.41 Å². The van der Waals surface area contributed by atoms with Crippen LogP contribution in [0.25, 0.3) is 33.4 Å². The summed E-state index contributed by atoms with van der Waals surface area (Å²) in [7, 11) is 0.